The Hall–Kier alpha value is -1.56. The fourth-order valence-corrected chi connectivity index (χ4v) is 4.25. The fraction of sp³-hybridized carbons (Fsp3) is 0.333. The number of hydrogen-bond acceptors (Lipinski definition) is 7. The number of hydrogen-bond donors (Lipinski definition) is 1. The van der Waals surface area contributed by atoms with Gasteiger partial charge in [-0.3, -0.25) is 14.8 Å². The molecule has 21 heavy (non-hydrogen) atoms. The van der Waals surface area contributed by atoms with Gasteiger partial charge in [-0.25, -0.2) is 13.1 Å². The van der Waals surface area contributed by atoms with Crippen molar-refractivity contribution in [3.05, 3.63) is 32.9 Å². The molecular weight excluding hydrogens is 342 g/mol. The summed E-state index contributed by atoms with van der Waals surface area (Å²) in [6.07, 6.45) is 3.69. The Labute approximate surface area is 128 Å². The molecule has 0 radical (unpaired) electrons. The Balaban J connectivity index is 1.95. The molecule has 2 aromatic rings. The normalized spacial score (nSPS) is 11.7. The molecule has 2 rings (SSSR count). The third-order valence-corrected chi connectivity index (χ3v) is 5.71. The first-order chi connectivity index (χ1) is 9.90. The molecule has 0 aliphatic heterocycles. The third-order valence-electron chi connectivity index (χ3n) is 2.44. The SMILES string of the molecule is O=[N+]([O-])c1cc(S(=O)(=O)NCCCn2ccnn2)sc1Cl. The molecule has 0 aromatic carbocycles. The summed E-state index contributed by atoms with van der Waals surface area (Å²) < 4.78 is 27.5. The van der Waals surface area contributed by atoms with Gasteiger partial charge in [0.05, 0.1) is 11.1 Å². The summed E-state index contributed by atoms with van der Waals surface area (Å²) in [5.41, 5.74) is -0.412. The first kappa shape index (κ1) is 15.8. The van der Waals surface area contributed by atoms with Crippen molar-refractivity contribution in [3.63, 3.8) is 0 Å². The Morgan fingerprint density at radius 2 is 2.29 bits per heavy atom. The zero-order valence-corrected chi connectivity index (χ0v) is 12.9. The van der Waals surface area contributed by atoms with Crippen LogP contribution in [-0.2, 0) is 16.6 Å². The topological polar surface area (TPSA) is 120 Å². The molecule has 0 aliphatic carbocycles. The highest BCUT2D eigenvalue weighted by Crippen LogP contribution is 2.35. The molecule has 0 saturated heterocycles. The summed E-state index contributed by atoms with van der Waals surface area (Å²) >= 11 is 6.29. The minimum atomic E-state index is -3.80. The van der Waals surface area contributed by atoms with Crippen molar-refractivity contribution in [2.24, 2.45) is 0 Å². The van der Waals surface area contributed by atoms with Crippen molar-refractivity contribution in [1.29, 1.82) is 0 Å². The van der Waals surface area contributed by atoms with E-state index in [1.54, 1.807) is 10.9 Å². The molecule has 0 atom stereocenters. The van der Waals surface area contributed by atoms with Gasteiger partial charge >= 0.3 is 0 Å². The lowest BCUT2D eigenvalue weighted by atomic mass is 10.4. The first-order valence-electron chi connectivity index (χ1n) is 5.67. The van der Waals surface area contributed by atoms with E-state index >= 15 is 0 Å². The summed E-state index contributed by atoms with van der Waals surface area (Å²) in [4.78, 5) is 9.93. The molecule has 0 fully saturated rings. The molecule has 0 aliphatic rings. The summed E-state index contributed by atoms with van der Waals surface area (Å²) in [6.45, 7) is 0.680. The minimum absolute atomic E-state index is 0.164. The molecule has 114 valence electrons. The van der Waals surface area contributed by atoms with Gasteiger partial charge in [0.25, 0.3) is 5.69 Å². The highest BCUT2D eigenvalue weighted by molar-refractivity contribution is 7.91. The highest BCUT2D eigenvalue weighted by Gasteiger charge is 2.24. The first-order valence-corrected chi connectivity index (χ1v) is 8.35. The van der Waals surface area contributed by atoms with Gasteiger partial charge in [0.15, 0.2) is 4.34 Å². The number of aromatic nitrogens is 3. The van der Waals surface area contributed by atoms with Gasteiger partial charge in [-0.05, 0) is 6.42 Å². The molecule has 0 spiro atoms. The van der Waals surface area contributed by atoms with E-state index in [-0.39, 0.29) is 15.1 Å². The van der Waals surface area contributed by atoms with Crippen LogP contribution in [-0.4, -0.2) is 34.9 Å². The summed E-state index contributed by atoms with van der Waals surface area (Å²) in [5, 5.41) is 18.0. The Kier molecular flexibility index (Phi) is 4.88. The average Bonchev–Trinajstić information content (AvgIpc) is 3.04. The predicted molar refractivity (Wildman–Crippen MR) is 75.8 cm³/mol. The summed E-state index contributed by atoms with van der Waals surface area (Å²) in [7, 11) is -3.80. The second kappa shape index (κ2) is 6.47. The molecule has 2 aromatic heterocycles. The number of halogens is 1. The standard InChI is InChI=1S/C9H10ClN5O4S2/c10-9-7(15(16)17)6-8(20-9)21(18,19)12-2-1-4-14-5-3-11-13-14/h3,5-6,12H,1-2,4H2. The number of nitrogens with zero attached hydrogens (tertiary/aromatic N) is 4. The maximum atomic E-state index is 12.0. The van der Waals surface area contributed by atoms with Crippen molar-refractivity contribution >= 4 is 38.6 Å². The average molecular weight is 352 g/mol. The largest absolute Gasteiger partial charge is 0.300 e. The van der Waals surface area contributed by atoms with Gasteiger partial charge < -0.3 is 0 Å². The number of rotatable bonds is 7. The van der Waals surface area contributed by atoms with Crippen molar-refractivity contribution in [2.45, 2.75) is 17.2 Å². The molecule has 0 saturated carbocycles. The van der Waals surface area contributed by atoms with E-state index in [2.05, 4.69) is 15.0 Å². The fourth-order valence-electron chi connectivity index (χ4n) is 1.47. The molecule has 9 nitrogen and oxygen atoms in total. The zero-order chi connectivity index (χ0) is 15.5. The van der Waals surface area contributed by atoms with Crippen LogP contribution in [0, 0.1) is 10.1 Å². The molecular formula is C9H10ClN5O4S2. The lowest BCUT2D eigenvalue weighted by molar-refractivity contribution is -0.384. The van der Waals surface area contributed by atoms with Gasteiger partial charge in [-0.1, -0.05) is 16.8 Å². The van der Waals surface area contributed by atoms with Crippen LogP contribution in [0.25, 0.3) is 0 Å². The Bertz CT molecular complexity index is 727. The van der Waals surface area contributed by atoms with Crippen molar-refractivity contribution < 1.29 is 13.3 Å². The van der Waals surface area contributed by atoms with E-state index in [0.717, 1.165) is 6.07 Å². The molecule has 0 amide bonds. The van der Waals surface area contributed by atoms with Crippen molar-refractivity contribution in [1.82, 2.24) is 19.7 Å². The zero-order valence-electron chi connectivity index (χ0n) is 10.5. The van der Waals surface area contributed by atoms with Gasteiger partial charge in [0, 0.05) is 25.4 Å². The van der Waals surface area contributed by atoms with Crippen LogP contribution in [0.4, 0.5) is 5.69 Å². The van der Waals surface area contributed by atoms with Crippen LogP contribution in [0.5, 0.6) is 0 Å². The lowest BCUT2D eigenvalue weighted by Crippen LogP contribution is -2.24. The second-order valence-corrected chi connectivity index (χ2v) is 7.55. The predicted octanol–water partition coefficient (Wildman–Crippen LogP) is 1.27. The maximum absolute atomic E-state index is 12.0. The number of aryl methyl sites for hydroxylation is 1. The van der Waals surface area contributed by atoms with Crippen LogP contribution in [0.2, 0.25) is 4.34 Å². The second-order valence-electron chi connectivity index (χ2n) is 3.90. The molecule has 12 heteroatoms. The maximum Gasteiger partial charge on any atom is 0.300 e. The number of sulfonamides is 1. The molecule has 1 N–H and O–H groups in total. The smallest absolute Gasteiger partial charge is 0.258 e. The molecule has 0 bridgehead atoms. The van der Waals surface area contributed by atoms with E-state index in [0.29, 0.717) is 24.3 Å². The van der Waals surface area contributed by atoms with Crippen molar-refractivity contribution in [3.8, 4) is 0 Å². The van der Waals surface area contributed by atoms with Crippen LogP contribution in [0.15, 0.2) is 22.7 Å². The quantitative estimate of drug-likeness (QED) is 0.455. The van der Waals surface area contributed by atoms with E-state index in [1.165, 1.54) is 6.20 Å². The van der Waals surface area contributed by atoms with Gasteiger partial charge in [-0.2, -0.15) is 0 Å². The third kappa shape index (κ3) is 3.97. The van der Waals surface area contributed by atoms with Crippen LogP contribution < -0.4 is 4.72 Å². The molecule has 2 heterocycles. The summed E-state index contributed by atoms with van der Waals surface area (Å²) in [6, 6.07) is 0.951. The van der Waals surface area contributed by atoms with Crippen LogP contribution >= 0.6 is 22.9 Å². The Morgan fingerprint density at radius 3 is 2.86 bits per heavy atom. The van der Waals surface area contributed by atoms with Gasteiger partial charge in [-0.15, -0.1) is 16.4 Å². The van der Waals surface area contributed by atoms with Gasteiger partial charge in [0.1, 0.15) is 4.21 Å². The summed E-state index contributed by atoms with van der Waals surface area (Å²) in [5.74, 6) is 0. The van der Waals surface area contributed by atoms with Crippen LogP contribution in [0.3, 0.4) is 0 Å². The van der Waals surface area contributed by atoms with Gasteiger partial charge in [0.2, 0.25) is 10.0 Å². The number of nitro groups is 1. The molecule has 0 unspecified atom stereocenters. The van der Waals surface area contributed by atoms with Crippen molar-refractivity contribution in [2.75, 3.05) is 6.54 Å². The minimum Gasteiger partial charge on any atom is -0.258 e. The number of nitrogens with one attached hydrogen (secondary N) is 1. The number of thiophene rings is 1. The van der Waals surface area contributed by atoms with Crippen LogP contribution in [0.1, 0.15) is 6.42 Å². The highest BCUT2D eigenvalue weighted by atomic mass is 35.5. The van der Waals surface area contributed by atoms with E-state index < -0.39 is 20.6 Å². The van der Waals surface area contributed by atoms with E-state index in [4.69, 9.17) is 11.6 Å². The van der Waals surface area contributed by atoms with E-state index in [1.807, 2.05) is 0 Å². The van der Waals surface area contributed by atoms with E-state index in [9.17, 15) is 18.5 Å². The Morgan fingerprint density at radius 1 is 1.52 bits per heavy atom. The lowest BCUT2D eigenvalue weighted by Gasteiger charge is -2.04. The monoisotopic (exact) mass is 351 g/mol.